The fourth-order valence-corrected chi connectivity index (χ4v) is 4.58. The Labute approximate surface area is 215 Å². The number of para-hydroxylation sites is 1. The highest BCUT2D eigenvalue weighted by Crippen LogP contribution is 2.38. The van der Waals surface area contributed by atoms with Gasteiger partial charge in [-0.15, -0.1) is 0 Å². The number of hydrogen-bond acceptors (Lipinski definition) is 4. The lowest BCUT2D eigenvalue weighted by molar-refractivity contribution is -0.159. The van der Waals surface area contributed by atoms with E-state index in [2.05, 4.69) is 4.90 Å². The van der Waals surface area contributed by atoms with E-state index in [0.29, 0.717) is 5.92 Å². The zero-order valence-corrected chi connectivity index (χ0v) is 20.4. The summed E-state index contributed by atoms with van der Waals surface area (Å²) in [4.78, 5) is 20.7. The Balaban J connectivity index is 0.000000568. The van der Waals surface area contributed by atoms with E-state index < -0.39 is 11.9 Å². The molecule has 1 heterocycles. The van der Waals surface area contributed by atoms with Gasteiger partial charge in [-0.1, -0.05) is 42.5 Å². The molecule has 6 nitrogen and oxygen atoms in total. The molecule has 0 radical (unpaired) electrons. The third kappa shape index (κ3) is 8.99. The van der Waals surface area contributed by atoms with Gasteiger partial charge < -0.3 is 19.8 Å². The van der Waals surface area contributed by atoms with Gasteiger partial charge in [0.25, 0.3) is 0 Å². The zero-order chi connectivity index (χ0) is 26.6. The summed E-state index contributed by atoms with van der Waals surface area (Å²) in [7, 11) is 0. The number of piperidine rings is 1. The van der Waals surface area contributed by atoms with Crippen molar-refractivity contribution in [1.29, 1.82) is 0 Å². The van der Waals surface area contributed by atoms with E-state index in [0.717, 1.165) is 62.4 Å². The Morgan fingerprint density at radius 2 is 1.30 bits per heavy atom. The summed E-state index contributed by atoms with van der Waals surface area (Å²) in [5, 5.41) is 14.8. The van der Waals surface area contributed by atoms with E-state index >= 15 is 0 Å². The average Bonchev–Trinajstić information content (AvgIpc) is 2.91. The molecular weight excluding hydrogens is 480 g/mol. The first-order valence-corrected chi connectivity index (χ1v) is 12.2. The number of hydrogen-bond donors (Lipinski definition) is 2. The van der Waals surface area contributed by atoms with E-state index in [-0.39, 0.29) is 17.6 Å². The Kier molecular flexibility index (Phi) is 10.6. The molecule has 1 aliphatic rings. The van der Waals surface area contributed by atoms with E-state index in [1.54, 1.807) is 0 Å². The number of carboxylic acids is 2. The van der Waals surface area contributed by atoms with Crippen molar-refractivity contribution in [2.24, 2.45) is 5.92 Å². The van der Waals surface area contributed by atoms with Crippen LogP contribution in [0.4, 0.5) is 8.78 Å². The third-order valence-corrected chi connectivity index (χ3v) is 6.38. The van der Waals surface area contributed by atoms with Crippen molar-refractivity contribution in [3.63, 3.8) is 0 Å². The first-order valence-electron chi connectivity index (χ1n) is 12.2. The number of halogens is 2. The maximum Gasteiger partial charge on any atom is 0.414 e. The normalized spacial score (nSPS) is 14.0. The van der Waals surface area contributed by atoms with Gasteiger partial charge >= 0.3 is 11.9 Å². The second-order valence-electron chi connectivity index (χ2n) is 8.89. The van der Waals surface area contributed by atoms with Crippen molar-refractivity contribution in [2.75, 3.05) is 26.2 Å². The molecule has 1 aliphatic heterocycles. The molecule has 0 saturated carbocycles. The summed E-state index contributed by atoms with van der Waals surface area (Å²) in [6, 6.07) is 23.5. The maximum atomic E-state index is 13.5. The monoisotopic (exact) mass is 511 g/mol. The van der Waals surface area contributed by atoms with Crippen molar-refractivity contribution in [1.82, 2.24) is 4.90 Å². The molecule has 2 N–H and O–H groups in total. The lowest BCUT2D eigenvalue weighted by Gasteiger charge is -2.36. The van der Waals surface area contributed by atoms with Gasteiger partial charge in [-0.25, -0.2) is 18.4 Å². The van der Waals surface area contributed by atoms with Crippen LogP contribution in [0.3, 0.4) is 0 Å². The number of carboxylic acid groups (broad SMARTS) is 2. The lowest BCUT2D eigenvalue weighted by atomic mass is 9.76. The number of carbonyl (C=O) groups is 2. The van der Waals surface area contributed by atoms with E-state index in [4.69, 9.17) is 24.5 Å². The van der Waals surface area contributed by atoms with Gasteiger partial charge in [0.1, 0.15) is 17.4 Å². The van der Waals surface area contributed by atoms with Gasteiger partial charge in [-0.2, -0.15) is 0 Å². The molecule has 0 unspecified atom stereocenters. The Morgan fingerprint density at radius 3 is 1.76 bits per heavy atom. The fourth-order valence-electron chi connectivity index (χ4n) is 4.58. The molecule has 4 rings (SSSR count). The molecule has 1 fully saturated rings. The molecule has 0 amide bonds. The predicted octanol–water partition coefficient (Wildman–Crippen LogP) is 5.43. The van der Waals surface area contributed by atoms with Gasteiger partial charge in [-0.05, 0) is 85.8 Å². The minimum absolute atomic E-state index is 0.157. The number of aliphatic carboxylic acids is 2. The summed E-state index contributed by atoms with van der Waals surface area (Å²) >= 11 is 0. The van der Waals surface area contributed by atoms with E-state index in [1.165, 1.54) is 24.3 Å². The average molecular weight is 512 g/mol. The van der Waals surface area contributed by atoms with Crippen molar-refractivity contribution in [3.8, 4) is 5.75 Å². The van der Waals surface area contributed by atoms with Gasteiger partial charge in [0.05, 0.1) is 6.61 Å². The first kappa shape index (κ1) is 27.8. The molecule has 8 heteroatoms. The van der Waals surface area contributed by atoms with Gasteiger partial charge in [0, 0.05) is 12.5 Å². The van der Waals surface area contributed by atoms with Crippen LogP contribution in [0.15, 0.2) is 78.9 Å². The van der Waals surface area contributed by atoms with Crippen LogP contribution in [0.5, 0.6) is 5.75 Å². The maximum absolute atomic E-state index is 13.5. The van der Waals surface area contributed by atoms with Crippen molar-refractivity contribution in [3.05, 3.63) is 102 Å². The highest BCUT2D eigenvalue weighted by Gasteiger charge is 2.29. The molecule has 37 heavy (non-hydrogen) atoms. The Bertz CT molecular complexity index is 1060. The highest BCUT2D eigenvalue weighted by atomic mass is 19.1. The third-order valence-electron chi connectivity index (χ3n) is 6.38. The molecule has 0 bridgehead atoms. The van der Waals surface area contributed by atoms with Gasteiger partial charge in [0.15, 0.2) is 0 Å². The number of rotatable bonds is 8. The van der Waals surface area contributed by atoms with Gasteiger partial charge in [0.2, 0.25) is 0 Å². The molecule has 0 aliphatic carbocycles. The first-order chi connectivity index (χ1) is 17.8. The lowest BCUT2D eigenvalue weighted by Crippen LogP contribution is -2.36. The number of benzene rings is 3. The summed E-state index contributed by atoms with van der Waals surface area (Å²) in [5.41, 5.74) is 2.20. The molecular formula is C29H31F2NO5. The summed E-state index contributed by atoms with van der Waals surface area (Å²) < 4.78 is 32.8. The van der Waals surface area contributed by atoms with Crippen molar-refractivity contribution < 1.29 is 33.3 Å². The number of nitrogens with zero attached hydrogens (tertiary/aromatic N) is 1. The molecule has 3 aromatic rings. The van der Waals surface area contributed by atoms with Crippen LogP contribution in [-0.2, 0) is 9.59 Å². The molecule has 3 aromatic carbocycles. The number of ether oxygens (including phenoxy) is 1. The van der Waals surface area contributed by atoms with E-state index in [9.17, 15) is 8.78 Å². The van der Waals surface area contributed by atoms with Gasteiger partial charge in [-0.3, -0.25) is 0 Å². The van der Waals surface area contributed by atoms with Crippen molar-refractivity contribution in [2.45, 2.75) is 25.2 Å². The summed E-state index contributed by atoms with van der Waals surface area (Å²) in [6.07, 6.45) is 3.14. The molecule has 1 saturated heterocycles. The van der Waals surface area contributed by atoms with Crippen LogP contribution in [0.1, 0.15) is 36.3 Å². The Morgan fingerprint density at radius 1 is 0.811 bits per heavy atom. The topological polar surface area (TPSA) is 87.1 Å². The van der Waals surface area contributed by atoms with Crippen LogP contribution in [0.2, 0.25) is 0 Å². The smallest absolute Gasteiger partial charge is 0.414 e. The van der Waals surface area contributed by atoms with Crippen molar-refractivity contribution >= 4 is 11.9 Å². The molecule has 0 aromatic heterocycles. The predicted molar refractivity (Wildman–Crippen MR) is 136 cm³/mol. The largest absolute Gasteiger partial charge is 0.494 e. The van der Waals surface area contributed by atoms with Crippen LogP contribution in [0.25, 0.3) is 0 Å². The standard InChI is InChI=1S/C27H29F2NO.C2H2O4/c28-24-11-7-21(8-12-24)27(22-9-13-25(29)14-10-22)23-15-18-30(19-16-23)17-4-20-31-26-5-2-1-3-6-26;3-1(4)2(5)6/h1-3,5-14,23,27H,4,15-20H2;(H,3,4)(H,5,6). The van der Waals surface area contributed by atoms with E-state index in [1.807, 2.05) is 54.6 Å². The zero-order valence-electron chi connectivity index (χ0n) is 20.4. The van der Waals surface area contributed by atoms with Crippen LogP contribution >= 0.6 is 0 Å². The second-order valence-corrected chi connectivity index (χ2v) is 8.89. The summed E-state index contributed by atoms with van der Waals surface area (Å²) in [5.74, 6) is -2.58. The van der Waals surface area contributed by atoms with Crippen LogP contribution in [-0.4, -0.2) is 53.3 Å². The quantitative estimate of drug-likeness (QED) is 0.310. The van der Waals surface area contributed by atoms with Crippen LogP contribution in [0, 0.1) is 17.6 Å². The summed E-state index contributed by atoms with van der Waals surface area (Å²) in [6.45, 7) is 3.82. The second kappa shape index (κ2) is 14.1. The SMILES string of the molecule is Fc1ccc(C(c2ccc(F)cc2)C2CCN(CCCOc3ccccc3)CC2)cc1.O=C(O)C(=O)O. The minimum Gasteiger partial charge on any atom is -0.494 e. The molecule has 0 spiro atoms. The molecule has 0 atom stereocenters. The highest BCUT2D eigenvalue weighted by molar-refractivity contribution is 6.27. The fraction of sp³-hybridized carbons (Fsp3) is 0.310. The number of likely N-dealkylation sites (tertiary alicyclic amines) is 1. The molecule has 196 valence electrons. The van der Waals surface area contributed by atoms with Crippen LogP contribution < -0.4 is 4.74 Å². The Hall–Kier alpha value is -3.78. The minimum atomic E-state index is -1.82.